The second-order valence-corrected chi connectivity index (χ2v) is 3.53. The van der Waals surface area contributed by atoms with Crippen LogP contribution in [0.5, 0.6) is 0 Å². The van der Waals surface area contributed by atoms with Gasteiger partial charge in [0, 0.05) is 5.92 Å². The van der Waals surface area contributed by atoms with Crippen molar-refractivity contribution in [2.75, 3.05) is 13.2 Å². The van der Waals surface area contributed by atoms with E-state index in [2.05, 4.69) is 0 Å². The molecule has 3 heteroatoms. The van der Waals surface area contributed by atoms with Crippen molar-refractivity contribution in [3.63, 3.8) is 0 Å². The van der Waals surface area contributed by atoms with Crippen LogP contribution in [0.4, 0.5) is 0 Å². The van der Waals surface area contributed by atoms with Crippen LogP contribution in [-0.4, -0.2) is 30.2 Å². The van der Waals surface area contributed by atoms with Crippen LogP contribution in [0.3, 0.4) is 0 Å². The molecule has 0 saturated carbocycles. The van der Waals surface area contributed by atoms with E-state index in [4.69, 9.17) is 14.6 Å². The molecular weight excluding hydrogens is 144 g/mol. The van der Waals surface area contributed by atoms with E-state index in [1.807, 2.05) is 20.8 Å². The molecule has 1 rings (SSSR count). The molecule has 11 heavy (non-hydrogen) atoms. The summed E-state index contributed by atoms with van der Waals surface area (Å²) in [5, 5.41) is 8.91. The van der Waals surface area contributed by atoms with Crippen LogP contribution in [0.2, 0.25) is 0 Å². The number of ether oxygens (including phenoxy) is 2. The summed E-state index contributed by atoms with van der Waals surface area (Å²) in [7, 11) is 0. The fourth-order valence-electron chi connectivity index (χ4n) is 1.17. The fourth-order valence-corrected chi connectivity index (χ4v) is 1.17. The first-order valence-corrected chi connectivity index (χ1v) is 3.98. The standard InChI is InChI=1S/C8H16O3/c1-6-5-10-8(2,3)11-7(6)4-9/h6-7,9H,4-5H2,1-3H3. The van der Waals surface area contributed by atoms with Crippen LogP contribution in [0.15, 0.2) is 0 Å². The third-order valence-electron chi connectivity index (χ3n) is 1.94. The van der Waals surface area contributed by atoms with Crippen LogP contribution in [0.1, 0.15) is 20.8 Å². The summed E-state index contributed by atoms with van der Waals surface area (Å²) in [6.45, 7) is 6.48. The quantitative estimate of drug-likeness (QED) is 0.615. The topological polar surface area (TPSA) is 38.7 Å². The maximum Gasteiger partial charge on any atom is 0.163 e. The highest BCUT2D eigenvalue weighted by molar-refractivity contribution is 4.73. The summed E-state index contributed by atoms with van der Waals surface area (Å²) in [5.41, 5.74) is 0. The minimum atomic E-state index is -0.528. The van der Waals surface area contributed by atoms with Gasteiger partial charge in [-0.1, -0.05) is 6.92 Å². The van der Waals surface area contributed by atoms with E-state index in [0.29, 0.717) is 6.61 Å². The molecule has 0 bridgehead atoms. The molecular formula is C8H16O3. The number of aliphatic hydroxyl groups is 1. The fraction of sp³-hybridized carbons (Fsp3) is 1.00. The molecule has 66 valence electrons. The number of rotatable bonds is 1. The van der Waals surface area contributed by atoms with Gasteiger partial charge in [-0.25, -0.2) is 0 Å². The molecule has 1 N–H and O–H groups in total. The van der Waals surface area contributed by atoms with E-state index < -0.39 is 5.79 Å². The van der Waals surface area contributed by atoms with Gasteiger partial charge >= 0.3 is 0 Å². The number of hydrogen-bond donors (Lipinski definition) is 1. The Hall–Kier alpha value is -0.120. The van der Waals surface area contributed by atoms with E-state index in [-0.39, 0.29) is 18.6 Å². The Labute approximate surface area is 67.3 Å². The normalized spacial score (nSPS) is 37.1. The van der Waals surface area contributed by atoms with E-state index in [1.165, 1.54) is 0 Å². The van der Waals surface area contributed by atoms with Crippen molar-refractivity contribution >= 4 is 0 Å². The van der Waals surface area contributed by atoms with Crippen molar-refractivity contribution in [1.82, 2.24) is 0 Å². The molecule has 2 atom stereocenters. The molecule has 1 saturated heterocycles. The second-order valence-electron chi connectivity index (χ2n) is 3.53. The molecule has 3 nitrogen and oxygen atoms in total. The van der Waals surface area contributed by atoms with Crippen molar-refractivity contribution in [3.05, 3.63) is 0 Å². The van der Waals surface area contributed by atoms with Gasteiger partial charge in [0.1, 0.15) is 0 Å². The Morgan fingerprint density at radius 1 is 1.55 bits per heavy atom. The Morgan fingerprint density at radius 3 is 2.64 bits per heavy atom. The molecule has 1 heterocycles. The predicted octanol–water partition coefficient (Wildman–Crippen LogP) is 0.766. The van der Waals surface area contributed by atoms with Crippen LogP contribution in [-0.2, 0) is 9.47 Å². The first-order chi connectivity index (χ1) is 5.05. The maximum atomic E-state index is 8.91. The molecule has 1 fully saturated rings. The molecule has 0 aromatic heterocycles. The maximum absolute atomic E-state index is 8.91. The highest BCUT2D eigenvalue weighted by Crippen LogP contribution is 2.25. The van der Waals surface area contributed by atoms with E-state index in [1.54, 1.807) is 0 Å². The predicted molar refractivity (Wildman–Crippen MR) is 41.2 cm³/mol. The Bertz CT molecular complexity index is 133. The lowest BCUT2D eigenvalue weighted by atomic mass is 10.0. The molecule has 1 aliphatic heterocycles. The zero-order chi connectivity index (χ0) is 8.48. The zero-order valence-electron chi connectivity index (χ0n) is 7.33. The van der Waals surface area contributed by atoms with Crippen molar-refractivity contribution in [1.29, 1.82) is 0 Å². The van der Waals surface area contributed by atoms with Crippen LogP contribution < -0.4 is 0 Å². The molecule has 0 radical (unpaired) electrons. The molecule has 0 aromatic carbocycles. The third-order valence-corrected chi connectivity index (χ3v) is 1.94. The van der Waals surface area contributed by atoms with Crippen LogP contribution in [0.25, 0.3) is 0 Å². The summed E-state index contributed by atoms with van der Waals surface area (Å²) >= 11 is 0. The number of aliphatic hydroxyl groups excluding tert-OH is 1. The molecule has 0 aliphatic carbocycles. The molecule has 2 unspecified atom stereocenters. The highest BCUT2D eigenvalue weighted by Gasteiger charge is 2.33. The van der Waals surface area contributed by atoms with Gasteiger partial charge in [-0.2, -0.15) is 0 Å². The summed E-state index contributed by atoms with van der Waals surface area (Å²) in [6, 6.07) is 0. The number of hydrogen-bond acceptors (Lipinski definition) is 3. The van der Waals surface area contributed by atoms with Gasteiger partial charge in [0.25, 0.3) is 0 Å². The monoisotopic (exact) mass is 160 g/mol. The van der Waals surface area contributed by atoms with Gasteiger partial charge < -0.3 is 14.6 Å². The minimum absolute atomic E-state index is 0.0706. The summed E-state index contributed by atoms with van der Waals surface area (Å²) in [5.74, 6) is -0.243. The SMILES string of the molecule is CC1COC(C)(C)OC1CO. The molecule has 0 amide bonds. The van der Waals surface area contributed by atoms with Gasteiger partial charge in [0.2, 0.25) is 0 Å². The lowest BCUT2D eigenvalue weighted by Gasteiger charge is -2.39. The largest absolute Gasteiger partial charge is 0.394 e. The van der Waals surface area contributed by atoms with Gasteiger partial charge in [-0.15, -0.1) is 0 Å². The Balaban J connectivity index is 2.51. The minimum Gasteiger partial charge on any atom is -0.394 e. The average molecular weight is 160 g/mol. The summed E-state index contributed by atoms with van der Waals surface area (Å²) in [4.78, 5) is 0. The van der Waals surface area contributed by atoms with Crippen molar-refractivity contribution < 1.29 is 14.6 Å². The third kappa shape index (κ3) is 2.15. The molecule has 0 aromatic rings. The van der Waals surface area contributed by atoms with Crippen molar-refractivity contribution in [3.8, 4) is 0 Å². The van der Waals surface area contributed by atoms with Gasteiger partial charge in [0.05, 0.1) is 19.3 Å². The van der Waals surface area contributed by atoms with E-state index >= 15 is 0 Å². The highest BCUT2D eigenvalue weighted by atomic mass is 16.7. The van der Waals surface area contributed by atoms with Gasteiger partial charge in [-0.05, 0) is 13.8 Å². The smallest absolute Gasteiger partial charge is 0.163 e. The van der Waals surface area contributed by atoms with Crippen molar-refractivity contribution in [2.24, 2.45) is 5.92 Å². The zero-order valence-corrected chi connectivity index (χ0v) is 7.33. The average Bonchev–Trinajstić information content (AvgIpc) is 1.94. The van der Waals surface area contributed by atoms with Crippen molar-refractivity contribution in [2.45, 2.75) is 32.7 Å². The van der Waals surface area contributed by atoms with Gasteiger partial charge in [-0.3, -0.25) is 0 Å². The second kappa shape index (κ2) is 3.09. The lowest BCUT2D eigenvalue weighted by Crippen LogP contribution is -2.46. The lowest BCUT2D eigenvalue weighted by molar-refractivity contribution is -0.295. The van der Waals surface area contributed by atoms with E-state index in [0.717, 1.165) is 0 Å². The van der Waals surface area contributed by atoms with Crippen LogP contribution >= 0.6 is 0 Å². The first kappa shape index (κ1) is 8.97. The van der Waals surface area contributed by atoms with E-state index in [9.17, 15) is 0 Å². The first-order valence-electron chi connectivity index (χ1n) is 3.98. The van der Waals surface area contributed by atoms with Gasteiger partial charge in [0.15, 0.2) is 5.79 Å². The Kier molecular flexibility index (Phi) is 2.52. The Morgan fingerprint density at radius 2 is 2.18 bits per heavy atom. The van der Waals surface area contributed by atoms with Crippen LogP contribution in [0, 0.1) is 5.92 Å². The molecule has 0 spiro atoms. The summed E-state index contributed by atoms with van der Waals surface area (Å²) in [6.07, 6.45) is -0.0706. The molecule has 1 aliphatic rings. The summed E-state index contributed by atoms with van der Waals surface area (Å²) < 4.78 is 10.8.